The first kappa shape index (κ1) is 19.5. The average molecular weight is 362 g/mol. The maximum absolute atomic E-state index is 12.2. The van der Waals surface area contributed by atoms with Gasteiger partial charge in [-0.15, -0.1) is 0 Å². The number of quaternary nitrogens is 1. The number of carbonyl (C=O) groups excluding carboxylic acids is 3. The number of aromatic amines is 1. The zero-order valence-electron chi connectivity index (χ0n) is 14.9. The Bertz CT molecular complexity index is 786. The molecule has 8 heteroatoms. The molecule has 1 heterocycles. The molecule has 0 aliphatic heterocycles. The molecule has 0 bridgehead atoms. The number of fused-ring (bicyclic) bond motifs is 1. The lowest BCUT2D eigenvalue weighted by Crippen LogP contribution is -2.65. The van der Waals surface area contributed by atoms with Gasteiger partial charge in [0.15, 0.2) is 6.04 Å². The average Bonchev–Trinajstić information content (AvgIpc) is 3.07. The maximum atomic E-state index is 12.2. The number of para-hydroxylation sites is 1. The number of benzene rings is 1. The molecule has 0 aliphatic rings. The predicted octanol–water partition coefficient (Wildman–Crippen LogP) is -0.0681. The molecule has 26 heavy (non-hydrogen) atoms. The van der Waals surface area contributed by atoms with Crippen LogP contribution in [0.5, 0.6) is 0 Å². The zero-order chi connectivity index (χ0) is 19.1. The van der Waals surface area contributed by atoms with Gasteiger partial charge in [-0.2, -0.15) is 0 Å². The van der Waals surface area contributed by atoms with Gasteiger partial charge in [0.25, 0.3) is 0 Å². The largest absolute Gasteiger partial charge is 0.467 e. The van der Waals surface area contributed by atoms with Crippen LogP contribution >= 0.6 is 0 Å². The molecule has 1 aromatic heterocycles. The molecule has 0 aliphatic carbocycles. The molecule has 5 N–H and O–H groups in total. The molecule has 1 aromatic carbocycles. The number of esters is 2. The number of hydrogen-bond acceptors (Lipinski definition) is 5. The molecule has 0 spiro atoms. The van der Waals surface area contributed by atoms with E-state index in [-0.39, 0.29) is 18.7 Å². The number of nitrogens with one attached hydrogen (secondary N) is 2. The van der Waals surface area contributed by atoms with Crippen molar-refractivity contribution >= 4 is 28.7 Å². The number of rotatable bonds is 8. The summed E-state index contributed by atoms with van der Waals surface area (Å²) in [5.41, 5.74) is 5.51. The fraction of sp³-hybridized carbons (Fsp3) is 0.389. The molecule has 0 saturated heterocycles. The van der Waals surface area contributed by atoms with Crippen LogP contribution in [0, 0.1) is 0 Å². The Labute approximate surface area is 151 Å². The Balaban J connectivity index is 2.02. The highest BCUT2D eigenvalue weighted by molar-refractivity contribution is 5.87. The lowest BCUT2D eigenvalue weighted by molar-refractivity contribution is -0.409. The Morgan fingerprint density at radius 1 is 1.15 bits per heavy atom. The van der Waals surface area contributed by atoms with Crippen molar-refractivity contribution < 1.29 is 29.6 Å². The van der Waals surface area contributed by atoms with Crippen molar-refractivity contribution in [3.8, 4) is 0 Å². The first-order valence-electron chi connectivity index (χ1n) is 8.29. The van der Waals surface area contributed by atoms with E-state index in [9.17, 15) is 14.4 Å². The summed E-state index contributed by atoms with van der Waals surface area (Å²) in [7, 11) is 2.55. The molecule has 140 valence electrons. The van der Waals surface area contributed by atoms with Crippen molar-refractivity contribution in [2.24, 2.45) is 0 Å². The van der Waals surface area contributed by atoms with E-state index >= 15 is 0 Å². The number of aromatic nitrogens is 1. The molecular formula is C18H24N3O5+. The van der Waals surface area contributed by atoms with Crippen molar-refractivity contribution in [3.05, 3.63) is 36.0 Å². The van der Waals surface area contributed by atoms with E-state index < -0.39 is 24.0 Å². The number of methoxy groups -OCH3 is 2. The summed E-state index contributed by atoms with van der Waals surface area (Å²) >= 11 is 0. The zero-order valence-corrected chi connectivity index (χ0v) is 14.9. The molecule has 0 radical (unpaired) electrons. The van der Waals surface area contributed by atoms with Crippen molar-refractivity contribution in [2.45, 2.75) is 31.3 Å². The van der Waals surface area contributed by atoms with Gasteiger partial charge in [-0.25, -0.2) is 9.59 Å². The normalized spacial score (nSPS) is 13.0. The molecule has 8 nitrogen and oxygen atoms in total. The van der Waals surface area contributed by atoms with E-state index in [1.165, 1.54) is 14.2 Å². The van der Waals surface area contributed by atoms with Gasteiger partial charge in [0.2, 0.25) is 5.91 Å². The minimum atomic E-state index is -0.812. The SMILES string of the molecule is COC(=O)[C@H]([NH3+])CCC(=O)N[C@H](Cc1c[nH]c2ccccc12)C(=O)OC. The molecule has 1 amide bonds. The van der Waals surface area contributed by atoms with Gasteiger partial charge in [0, 0.05) is 36.4 Å². The lowest BCUT2D eigenvalue weighted by Gasteiger charge is -2.16. The quantitative estimate of drug-likeness (QED) is 0.567. The summed E-state index contributed by atoms with van der Waals surface area (Å²) in [6.45, 7) is 0. The van der Waals surface area contributed by atoms with Crippen molar-refractivity contribution in [1.29, 1.82) is 0 Å². The first-order valence-corrected chi connectivity index (χ1v) is 8.29. The van der Waals surface area contributed by atoms with Gasteiger partial charge in [0.05, 0.1) is 14.2 Å². The number of ether oxygens (including phenoxy) is 2. The van der Waals surface area contributed by atoms with Crippen molar-refractivity contribution in [1.82, 2.24) is 10.3 Å². The van der Waals surface area contributed by atoms with Crippen molar-refractivity contribution in [3.63, 3.8) is 0 Å². The van der Waals surface area contributed by atoms with Gasteiger partial charge in [-0.05, 0) is 11.6 Å². The van der Waals surface area contributed by atoms with Gasteiger partial charge < -0.3 is 25.5 Å². The smallest absolute Gasteiger partial charge is 0.364 e. The fourth-order valence-corrected chi connectivity index (χ4v) is 2.71. The van der Waals surface area contributed by atoms with Gasteiger partial charge in [0.1, 0.15) is 6.04 Å². The number of amides is 1. The summed E-state index contributed by atoms with van der Waals surface area (Å²) in [6, 6.07) is 6.27. The highest BCUT2D eigenvalue weighted by atomic mass is 16.5. The molecule has 0 fully saturated rings. The van der Waals surface area contributed by atoms with Crippen LogP contribution in [0.2, 0.25) is 0 Å². The van der Waals surface area contributed by atoms with E-state index in [2.05, 4.69) is 20.8 Å². The van der Waals surface area contributed by atoms with Crippen LogP contribution < -0.4 is 11.1 Å². The van der Waals surface area contributed by atoms with Gasteiger partial charge in [-0.1, -0.05) is 18.2 Å². The van der Waals surface area contributed by atoms with E-state index in [4.69, 9.17) is 4.74 Å². The topological polar surface area (TPSA) is 125 Å². The van der Waals surface area contributed by atoms with Crippen molar-refractivity contribution in [2.75, 3.05) is 14.2 Å². The third-order valence-corrected chi connectivity index (χ3v) is 4.17. The second kappa shape index (κ2) is 9.00. The second-order valence-electron chi connectivity index (χ2n) is 5.97. The Hall–Kier alpha value is -2.87. The van der Waals surface area contributed by atoms with Crippen LogP contribution in [0.1, 0.15) is 18.4 Å². The van der Waals surface area contributed by atoms with Crippen LogP contribution in [0.25, 0.3) is 10.9 Å². The van der Waals surface area contributed by atoms with E-state index in [1.807, 2.05) is 30.5 Å². The highest BCUT2D eigenvalue weighted by Gasteiger charge is 2.25. The molecule has 0 unspecified atom stereocenters. The third-order valence-electron chi connectivity index (χ3n) is 4.17. The molecule has 2 aromatic rings. The summed E-state index contributed by atoms with van der Waals surface area (Å²) in [5, 5.41) is 3.66. The minimum absolute atomic E-state index is 0.0602. The highest BCUT2D eigenvalue weighted by Crippen LogP contribution is 2.19. The summed E-state index contributed by atoms with van der Waals surface area (Å²) in [5.74, 6) is -1.35. The summed E-state index contributed by atoms with van der Waals surface area (Å²) < 4.78 is 9.39. The van der Waals surface area contributed by atoms with Crippen LogP contribution in [-0.4, -0.2) is 49.1 Å². The lowest BCUT2D eigenvalue weighted by atomic mass is 10.0. The number of H-pyrrole nitrogens is 1. The Morgan fingerprint density at radius 3 is 2.54 bits per heavy atom. The number of carbonyl (C=O) groups is 3. The second-order valence-corrected chi connectivity index (χ2v) is 5.97. The summed E-state index contributed by atoms with van der Waals surface area (Å²) in [6.07, 6.45) is 2.41. The monoisotopic (exact) mass is 362 g/mol. The Kier molecular flexibility index (Phi) is 6.74. The van der Waals surface area contributed by atoms with Crippen LogP contribution in [-0.2, 0) is 30.3 Å². The predicted molar refractivity (Wildman–Crippen MR) is 93.9 cm³/mol. The molecule has 2 rings (SSSR count). The first-order chi connectivity index (χ1) is 12.5. The molecule has 0 saturated carbocycles. The van der Waals surface area contributed by atoms with E-state index in [0.29, 0.717) is 6.42 Å². The van der Waals surface area contributed by atoms with E-state index in [0.717, 1.165) is 16.5 Å². The van der Waals surface area contributed by atoms with Crippen LogP contribution in [0.15, 0.2) is 30.5 Å². The molecular weight excluding hydrogens is 338 g/mol. The van der Waals surface area contributed by atoms with Gasteiger partial charge >= 0.3 is 11.9 Å². The van der Waals surface area contributed by atoms with Gasteiger partial charge in [-0.3, -0.25) is 4.79 Å². The molecule has 2 atom stereocenters. The van der Waals surface area contributed by atoms with E-state index in [1.54, 1.807) is 0 Å². The summed E-state index contributed by atoms with van der Waals surface area (Å²) in [4.78, 5) is 38.7. The maximum Gasteiger partial charge on any atom is 0.364 e. The standard InChI is InChI=1S/C18H23N3O5/c1-25-17(23)13(19)7-8-16(22)21-15(18(24)26-2)9-11-10-20-14-6-4-3-5-12(11)14/h3-6,10,13,15,20H,7-9,19H2,1-2H3,(H,21,22)/p+1/t13-,15-/m1/s1. The van der Waals surface area contributed by atoms with Crippen LogP contribution in [0.4, 0.5) is 0 Å². The third kappa shape index (κ3) is 4.82. The fourth-order valence-electron chi connectivity index (χ4n) is 2.71. The Morgan fingerprint density at radius 2 is 1.85 bits per heavy atom. The number of hydrogen-bond donors (Lipinski definition) is 3. The van der Waals surface area contributed by atoms with Crippen LogP contribution in [0.3, 0.4) is 0 Å². The minimum Gasteiger partial charge on any atom is -0.467 e.